The monoisotopic (exact) mass is 567 g/mol. The number of carboxylic acids is 1. The van der Waals surface area contributed by atoms with Gasteiger partial charge in [-0.2, -0.15) is 0 Å². The van der Waals surface area contributed by atoms with Gasteiger partial charge in [0.15, 0.2) is 0 Å². The summed E-state index contributed by atoms with van der Waals surface area (Å²) in [6.45, 7) is 11.6. The molecule has 0 radical (unpaired) electrons. The first kappa shape index (κ1) is 29.6. The normalized spacial score (nSPS) is 17.5. The van der Waals surface area contributed by atoms with Crippen molar-refractivity contribution in [2.45, 2.75) is 64.1 Å². The SMILES string of the molecule is CC(C)(C(=O)O)c1ccc(C=C(CNC(=O)OCC2c3ccccc3-c3ccccc32)B2OC(C)(C)C(C)(C)O2)cc1. The van der Waals surface area contributed by atoms with E-state index in [1.807, 2.05) is 70.2 Å². The molecule has 8 heteroatoms. The predicted molar refractivity (Wildman–Crippen MR) is 164 cm³/mol. The number of amides is 1. The minimum Gasteiger partial charge on any atom is -0.481 e. The minimum atomic E-state index is -1.01. The summed E-state index contributed by atoms with van der Waals surface area (Å²) in [5, 5.41) is 12.5. The van der Waals surface area contributed by atoms with Gasteiger partial charge in [-0.25, -0.2) is 4.79 Å². The number of nitrogens with one attached hydrogen (secondary N) is 1. The highest BCUT2D eigenvalue weighted by Gasteiger charge is 2.52. The highest BCUT2D eigenvalue weighted by molar-refractivity contribution is 6.56. The van der Waals surface area contributed by atoms with Crippen LogP contribution in [-0.2, 0) is 24.3 Å². The summed E-state index contributed by atoms with van der Waals surface area (Å²) in [4.78, 5) is 24.7. The van der Waals surface area contributed by atoms with Crippen molar-refractivity contribution in [2.24, 2.45) is 0 Å². The van der Waals surface area contributed by atoms with E-state index in [1.54, 1.807) is 26.0 Å². The summed E-state index contributed by atoms with van der Waals surface area (Å²) >= 11 is 0. The third-order valence-electron chi connectivity index (χ3n) is 8.86. The van der Waals surface area contributed by atoms with Crippen LogP contribution in [0.5, 0.6) is 0 Å². The Hall–Kier alpha value is -3.88. The number of ether oxygens (including phenoxy) is 1. The average Bonchev–Trinajstić information content (AvgIpc) is 3.38. The van der Waals surface area contributed by atoms with Crippen molar-refractivity contribution in [3.8, 4) is 11.1 Å². The lowest BCUT2D eigenvalue weighted by Crippen LogP contribution is -2.41. The lowest BCUT2D eigenvalue weighted by molar-refractivity contribution is -0.142. The molecule has 0 aromatic heterocycles. The summed E-state index contributed by atoms with van der Waals surface area (Å²) in [5.74, 6) is -0.925. The van der Waals surface area contributed by atoms with Crippen LogP contribution in [0.25, 0.3) is 17.2 Å². The number of hydrogen-bond donors (Lipinski definition) is 2. The van der Waals surface area contributed by atoms with Gasteiger partial charge in [-0.05, 0) is 80.4 Å². The molecule has 2 N–H and O–H groups in total. The molecule has 3 aromatic rings. The maximum atomic E-state index is 13.0. The summed E-state index contributed by atoms with van der Waals surface area (Å²) in [7, 11) is -0.681. The Morgan fingerprint density at radius 3 is 1.95 bits per heavy atom. The van der Waals surface area contributed by atoms with Gasteiger partial charge < -0.3 is 24.5 Å². The van der Waals surface area contributed by atoms with E-state index in [4.69, 9.17) is 14.0 Å². The number of alkyl carbamates (subject to hydrolysis) is 1. The van der Waals surface area contributed by atoms with Crippen LogP contribution in [0.4, 0.5) is 4.79 Å². The van der Waals surface area contributed by atoms with Crippen LogP contribution >= 0.6 is 0 Å². The molecule has 2 aliphatic rings. The van der Waals surface area contributed by atoms with Gasteiger partial charge in [0, 0.05) is 12.5 Å². The lowest BCUT2D eigenvalue weighted by atomic mass is 9.76. The second-order valence-corrected chi connectivity index (χ2v) is 12.5. The van der Waals surface area contributed by atoms with E-state index in [-0.39, 0.29) is 19.1 Å². The van der Waals surface area contributed by atoms with Crippen LogP contribution in [-0.4, -0.2) is 48.6 Å². The van der Waals surface area contributed by atoms with E-state index in [1.165, 1.54) is 11.1 Å². The highest BCUT2D eigenvalue weighted by Crippen LogP contribution is 2.44. The van der Waals surface area contributed by atoms with Crippen LogP contribution in [0.15, 0.2) is 78.3 Å². The summed E-state index contributed by atoms with van der Waals surface area (Å²) in [6, 6.07) is 23.8. The first-order valence-electron chi connectivity index (χ1n) is 14.3. The molecule has 0 atom stereocenters. The van der Waals surface area contributed by atoms with E-state index in [9.17, 15) is 14.7 Å². The number of carbonyl (C=O) groups excluding carboxylic acids is 1. The van der Waals surface area contributed by atoms with Gasteiger partial charge in [0.05, 0.1) is 16.6 Å². The quantitative estimate of drug-likeness (QED) is 0.298. The Labute approximate surface area is 248 Å². The summed E-state index contributed by atoms with van der Waals surface area (Å²) in [6.07, 6.45) is 1.38. The number of benzene rings is 3. The van der Waals surface area contributed by atoms with Gasteiger partial charge in [-0.3, -0.25) is 4.79 Å². The first-order chi connectivity index (χ1) is 19.8. The fourth-order valence-electron chi connectivity index (χ4n) is 5.35. The first-order valence-corrected chi connectivity index (χ1v) is 14.3. The van der Waals surface area contributed by atoms with Gasteiger partial charge in [-0.1, -0.05) is 78.9 Å². The average molecular weight is 567 g/mol. The van der Waals surface area contributed by atoms with Gasteiger partial charge in [0.2, 0.25) is 0 Å². The highest BCUT2D eigenvalue weighted by atomic mass is 16.7. The molecule has 1 amide bonds. The fourth-order valence-corrected chi connectivity index (χ4v) is 5.35. The molecule has 0 bridgehead atoms. The van der Waals surface area contributed by atoms with Gasteiger partial charge in [0.1, 0.15) is 6.61 Å². The number of rotatable bonds is 8. The third-order valence-corrected chi connectivity index (χ3v) is 8.86. The number of hydrogen-bond acceptors (Lipinski definition) is 5. The number of carboxylic acid groups (broad SMARTS) is 1. The maximum Gasteiger partial charge on any atom is 0.492 e. The summed E-state index contributed by atoms with van der Waals surface area (Å²) in [5.41, 5.74) is 4.76. The van der Waals surface area contributed by atoms with E-state index in [0.29, 0.717) is 11.0 Å². The number of carbonyl (C=O) groups is 2. The number of fused-ring (bicyclic) bond motifs is 3. The molecule has 1 aliphatic heterocycles. The van der Waals surface area contributed by atoms with Gasteiger partial charge >= 0.3 is 19.2 Å². The van der Waals surface area contributed by atoms with Crippen molar-refractivity contribution in [3.63, 3.8) is 0 Å². The van der Waals surface area contributed by atoms with Crippen LogP contribution < -0.4 is 5.32 Å². The van der Waals surface area contributed by atoms with Crippen LogP contribution in [0, 0.1) is 0 Å². The molecule has 3 aromatic carbocycles. The molecule has 1 saturated heterocycles. The number of aliphatic carboxylic acids is 1. The molecule has 1 fully saturated rings. The predicted octanol–water partition coefficient (Wildman–Crippen LogP) is 6.60. The Bertz CT molecular complexity index is 1460. The van der Waals surface area contributed by atoms with Crippen molar-refractivity contribution in [1.82, 2.24) is 5.32 Å². The molecule has 0 spiro atoms. The zero-order valence-corrected chi connectivity index (χ0v) is 25.1. The third kappa shape index (κ3) is 5.61. The van der Waals surface area contributed by atoms with Crippen molar-refractivity contribution < 1.29 is 28.7 Å². The van der Waals surface area contributed by atoms with Crippen molar-refractivity contribution in [2.75, 3.05) is 13.2 Å². The van der Waals surface area contributed by atoms with Gasteiger partial charge in [-0.15, -0.1) is 0 Å². The molecular formula is C34H38BNO6. The minimum absolute atomic E-state index is 0.0326. The maximum absolute atomic E-state index is 13.0. The zero-order chi connectivity index (χ0) is 30.3. The van der Waals surface area contributed by atoms with E-state index in [0.717, 1.165) is 16.7 Å². The van der Waals surface area contributed by atoms with E-state index >= 15 is 0 Å². The Balaban J connectivity index is 1.31. The van der Waals surface area contributed by atoms with Gasteiger partial charge in [0.25, 0.3) is 0 Å². The molecule has 7 nitrogen and oxygen atoms in total. The van der Waals surface area contributed by atoms with Crippen LogP contribution in [0.3, 0.4) is 0 Å². The van der Waals surface area contributed by atoms with Crippen LogP contribution in [0.1, 0.15) is 69.7 Å². The topological polar surface area (TPSA) is 94.1 Å². The Morgan fingerprint density at radius 1 is 0.905 bits per heavy atom. The molecule has 1 aliphatic carbocycles. The second kappa shape index (κ2) is 11.1. The molecule has 218 valence electrons. The fraction of sp³-hybridized carbons (Fsp3) is 0.353. The second-order valence-electron chi connectivity index (χ2n) is 12.5. The molecule has 0 unspecified atom stereocenters. The molecule has 0 saturated carbocycles. The van der Waals surface area contributed by atoms with E-state index < -0.39 is 35.8 Å². The van der Waals surface area contributed by atoms with Crippen molar-refractivity contribution >= 4 is 25.3 Å². The van der Waals surface area contributed by atoms with Crippen molar-refractivity contribution in [1.29, 1.82) is 0 Å². The molecule has 5 rings (SSSR count). The molecule has 42 heavy (non-hydrogen) atoms. The summed E-state index contributed by atoms with van der Waals surface area (Å²) < 4.78 is 18.3. The zero-order valence-electron chi connectivity index (χ0n) is 25.1. The van der Waals surface area contributed by atoms with Crippen molar-refractivity contribution in [3.05, 3.63) is 101 Å². The van der Waals surface area contributed by atoms with Crippen LogP contribution in [0.2, 0.25) is 0 Å². The largest absolute Gasteiger partial charge is 0.492 e. The Kier molecular flexibility index (Phi) is 7.81. The lowest BCUT2D eigenvalue weighted by Gasteiger charge is -2.32. The molecule has 1 heterocycles. The molecular weight excluding hydrogens is 529 g/mol. The standard InChI is InChI=1S/C34H38BNO6/c1-32(2,30(37)38)23-17-15-22(16-18-23)19-24(35-41-33(3,4)34(5,6)42-35)20-36-31(39)40-21-29-27-13-9-7-11-25(27)26-12-8-10-14-28(26)29/h7-19,29H,20-21H2,1-6H3,(H,36,39)(H,37,38). The van der Waals surface area contributed by atoms with E-state index in [2.05, 4.69) is 29.6 Å². The smallest absolute Gasteiger partial charge is 0.481 e. The Morgan fingerprint density at radius 2 is 1.43 bits per heavy atom.